The predicted molar refractivity (Wildman–Crippen MR) is 88.2 cm³/mol. The van der Waals surface area contributed by atoms with Crippen molar-refractivity contribution in [2.45, 2.75) is 33.4 Å². The molecule has 1 atom stereocenters. The monoisotopic (exact) mass is 305 g/mol. The summed E-state index contributed by atoms with van der Waals surface area (Å²) < 4.78 is 5.75. The normalized spacial score (nSPS) is 12.4. The van der Waals surface area contributed by atoms with Crippen molar-refractivity contribution in [3.05, 3.63) is 51.2 Å². The Bertz CT molecular complexity index is 560. The molecule has 0 amide bonds. The van der Waals surface area contributed by atoms with Crippen molar-refractivity contribution in [2.75, 3.05) is 13.2 Å². The van der Waals surface area contributed by atoms with E-state index in [1.165, 1.54) is 11.1 Å². The Kier molecular flexibility index (Phi) is 5.79. The van der Waals surface area contributed by atoms with Crippen LogP contribution in [0, 0.1) is 20.8 Å². The van der Waals surface area contributed by atoms with E-state index in [-0.39, 0.29) is 0 Å². The van der Waals surface area contributed by atoms with Gasteiger partial charge in [-0.2, -0.15) is 11.3 Å². The van der Waals surface area contributed by atoms with Gasteiger partial charge >= 0.3 is 0 Å². The van der Waals surface area contributed by atoms with Crippen LogP contribution in [0.3, 0.4) is 0 Å². The van der Waals surface area contributed by atoms with E-state index in [4.69, 9.17) is 4.74 Å². The second-order valence-electron chi connectivity index (χ2n) is 5.40. The number of hydrogen-bond acceptors (Lipinski definition) is 4. The zero-order valence-corrected chi connectivity index (χ0v) is 13.7. The van der Waals surface area contributed by atoms with E-state index in [1.807, 2.05) is 32.0 Å². The molecule has 0 fully saturated rings. The minimum Gasteiger partial charge on any atom is -0.490 e. The number of aliphatic hydroxyl groups is 1. The lowest BCUT2D eigenvalue weighted by Crippen LogP contribution is -2.31. The summed E-state index contributed by atoms with van der Waals surface area (Å²) in [5.74, 6) is 0.880. The first kappa shape index (κ1) is 16.0. The summed E-state index contributed by atoms with van der Waals surface area (Å²) in [5, 5.41) is 17.6. The fraction of sp³-hybridized carbons (Fsp3) is 0.412. The van der Waals surface area contributed by atoms with E-state index in [9.17, 15) is 5.11 Å². The summed E-state index contributed by atoms with van der Waals surface area (Å²) in [6.45, 7) is 7.77. The van der Waals surface area contributed by atoms with Crippen molar-refractivity contribution in [3.8, 4) is 5.75 Å². The molecule has 0 radical (unpaired) electrons. The topological polar surface area (TPSA) is 41.5 Å². The van der Waals surface area contributed by atoms with Crippen LogP contribution >= 0.6 is 11.3 Å². The molecule has 0 aliphatic rings. The molecule has 0 bridgehead atoms. The number of benzene rings is 1. The second kappa shape index (κ2) is 7.59. The SMILES string of the molecule is Cc1cscc1CNCC(O)COc1c(C)cccc1C. The van der Waals surface area contributed by atoms with Gasteiger partial charge in [-0.25, -0.2) is 0 Å². The van der Waals surface area contributed by atoms with Gasteiger partial charge in [-0.05, 0) is 53.8 Å². The average Bonchev–Trinajstić information content (AvgIpc) is 2.84. The van der Waals surface area contributed by atoms with Gasteiger partial charge < -0.3 is 15.2 Å². The number of aliphatic hydroxyl groups excluding tert-OH is 1. The highest BCUT2D eigenvalue weighted by Crippen LogP contribution is 2.22. The van der Waals surface area contributed by atoms with Crippen LogP contribution < -0.4 is 10.1 Å². The Morgan fingerprint density at radius 1 is 1.14 bits per heavy atom. The van der Waals surface area contributed by atoms with Gasteiger partial charge in [-0.15, -0.1) is 0 Å². The maximum Gasteiger partial charge on any atom is 0.125 e. The van der Waals surface area contributed by atoms with Gasteiger partial charge in [0, 0.05) is 13.1 Å². The lowest BCUT2D eigenvalue weighted by Gasteiger charge is -2.16. The Hall–Kier alpha value is -1.36. The van der Waals surface area contributed by atoms with Gasteiger partial charge in [0.25, 0.3) is 0 Å². The van der Waals surface area contributed by atoms with Crippen LogP contribution in [0.25, 0.3) is 0 Å². The van der Waals surface area contributed by atoms with Crippen molar-refractivity contribution in [1.82, 2.24) is 5.32 Å². The third kappa shape index (κ3) is 4.56. The summed E-state index contributed by atoms with van der Waals surface area (Å²) in [5.41, 5.74) is 4.80. The van der Waals surface area contributed by atoms with Gasteiger partial charge in [-0.3, -0.25) is 0 Å². The largest absolute Gasteiger partial charge is 0.490 e. The number of rotatable bonds is 7. The fourth-order valence-corrected chi connectivity index (χ4v) is 3.06. The van der Waals surface area contributed by atoms with Crippen molar-refractivity contribution < 1.29 is 9.84 Å². The summed E-state index contributed by atoms with van der Waals surface area (Å²) in [7, 11) is 0. The van der Waals surface area contributed by atoms with Gasteiger partial charge in [0.05, 0.1) is 0 Å². The van der Waals surface area contributed by atoms with Gasteiger partial charge in [0.2, 0.25) is 0 Å². The number of ether oxygens (including phenoxy) is 1. The number of hydrogen-bond donors (Lipinski definition) is 2. The molecule has 4 heteroatoms. The molecule has 2 rings (SSSR count). The van der Waals surface area contributed by atoms with E-state index in [0.29, 0.717) is 13.2 Å². The van der Waals surface area contributed by atoms with Gasteiger partial charge in [-0.1, -0.05) is 18.2 Å². The molecule has 1 aromatic carbocycles. The number of thiophene rings is 1. The Balaban J connectivity index is 1.75. The van der Waals surface area contributed by atoms with E-state index in [0.717, 1.165) is 23.4 Å². The average molecular weight is 305 g/mol. The summed E-state index contributed by atoms with van der Waals surface area (Å²) in [6, 6.07) is 6.05. The molecule has 1 heterocycles. The first-order chi connectivity index (χ1) is 10.1. The lowest BCUT2D eigenvalue weighted by atomic mass is 10.1. The first-order valence-corrected chi connectivity index (χ1v) is 8.11. The maximum atomic E-state index is 10.0. The Morgan fingerprint density at radius 2 is 1.86 bits per heavy atom. The second-order valence-corrected chi connectivity index (χ2v) is 6.14. The van der Waals surface area contributed by atoms with E-state index in [2.05, 4.69) is 23.0 Å². The molecule has 3 nitrogen and oxygen atoms in total. The van der Waals surface area contributed by atoms with Crippen LogP contribution in [0.1, 0.15) is 22.3 Å². The first-order valence-electron chi connectivity index (χ1n) is 7.17. The zero-order valence-electron chi connectivity index (χ0n) is 12.8. The molecule has 0 saturated carbocycles. The molecule has 1 aromatic heterocycles. The summed E-state index contributed by atoms with van der Waals surface area (Å²) >= 11 is 1.71. The van der Waals surface area contributed by atoms with Crippen molar-refractivity contribution in [1.29, 1.82) is 0 Å². The molecular formula is C17H23NO2S. The lowest BCUT2D eigenvalue weighted by molar-refractivity contribution is 0.105. The molecule has 0 saturated heterocycles. The standard InChI is InChI=1S/C17H23NO2S/c1-12-5-4-6-13(2)17(12)20-9-16(19)8-18-7-15-11-21-10-14(15)3/h4-6,10-11,16,18-19H,7-9H2,1-3H3. The maximum absolute atomic E-state index is 10.0. The zero-order chi connectivity index (χ0) is 15.2. The van der Waals surface area contributed by atoms with Gasteiger partial charge in [0.1, 0.15) is 18.5 Å². The van der Waals surface area contributed by atoms with Crippen LogP contribution in [0.5, 0.6) is 5.75 Å². The molecule has 0 aliphatic heterocycles. The minimum absolute atomic E-state index is 0.307. The van der Waals surface area contributed by atoms with Crippen LogP contribution in [0.15, 0.2) is 29.0 Å². The Labute approximate surface area is 130 Å². The van der Waals surface area contributed by atoms with Crippen molar-refractivity contribution in [2.24, 2.45) is 0 Å². The van der Waals surface area contributed by atoms with E-state index >= 15 is 0 Å². The third-order valence-electron chi connectivity index (χ3n) is 3.49. The van der Waals surface area contributed by atoms with Crippen molar-refractivity contribution >= 4 is 11.3 Å². The van der Waals surface area contributed by atoms with Crippen LogP contribution in [-0.2, 0) is 6.54 Å². The highest BCUT2D eigenvalue weighted by molar-refractivity contribution is 7.08. The molecule has 114 valence electrons. The molecular weight excluding hydrogens is 282 g/mol. The molecule has 0 aliphatic carbocycles. The Morgan fingerprint density at radius 3 is 2.48 bits per heavy atom. The quantitative estimate of drug-likeness (QED) is 0.825. The van der Waals surface area contributed by atoms with E-state index in [1.54, 1.807) is 11.3 Å². The molecule has 2 aromatic rings. The molecule has 0 spiro atoms. The highest BCUT2D eigenvalue weighted by Gasteiger charge is 2.08. The highest BCUT2D eigenvalue weighted by atomic mass is 32.1. The summed E-state index contributed by atoms with van der Waals surface area (Å²) in [4.78, 5) is 0. The summed E-state index contributed by atoms with van der Waals surface area (Å²) in [6.07, 6.45) is -0.511. The minimum atomic E-state index is -0.511. The number of nitrogens with one attached hydrogen (secondary N) is 1. The van der Waals surface area contributed by atoms with Crippen LogP contribution in [0.2, 0.25) is 0 Å². The van der Waals surface area contributed by atoms with Crippen molar-refractivity contribution in [3.63, 3.8) is 0 Å². The molecule has 21 heavy (non-hydrogen) atoms. The number of para-hydroxylation sites is 1. The van der Waals surface area contributed by atoms with Gasteiger partial charge in [0.15, 0.2) is 0 Å². The molecule has 1 unspecified atom stereocenters. The number of aryl methyl sites for hydroxylation is 3. The van der Waals surface area contributed by atoms with Crippen LogP contribution in [-0.4, -0.2) is 24.4 Å². The smallest absolute Gasteiger partial charge is 0.125 e. The predicted octanol–water partition coefficient (Wildman–Crippen LogP) is 3.20. The van der Waals surface area contributed by atoms with E-state index < -0.39 is 6.10 Å². The molecule has 2 N–H and O–H groups in total. The fourth-order valence-electron chi connectivity index (χ4n) is 2.21. The van der Waals surface area contributed by atoms with Crippen LogP contribution in [0.4, 0.5) is 0 Å². The third-order valence-corrected chi connectivity index (χ3v) is 4.40.